The molecule has 0 saturated heterocycles. The molecule has 1 rings (SSSR count). The van der Waals surface area contributed by atoms with Crippen molar-refractivity contribution in [3.63, 3.8) is 0 Å². The molecule has 0 spiro atoms. The zero-order valence-electron chi connectivity index (χ0n) is 10.9. The average molecular weight is 267 g/mol. The van der Waals surface area contributed by atoms with Gasteiger partial charge in [-0.3, -0.25) is 4.79 Å². The van der Waals surface area contributed by atoms with Gasteiger partial charge in [-0.1, -0.05) is 11.6 Å². The monoisotopic (exact) mass is 266 g/mol. The summed E-state index contributed by atoms with van der Waals surface area (Å²) in [7, 11) is 0. The van der Waals surface area contributed by atoms with E-state index in [1.807, 2.05) is 18.4 Å². The van der Waals surface area contributed by atoms with Crippen molar-refractivity contribution in [2.24, 2.45) is 0 Å². The molecule has 1 aromatic heterocycles. The third kappa shape index (κ3) is 4.12. The van der Waals surface area contributed by atoms with Gasteiger partial charge >= 0.3 is 0 Å². The first-order chi connectivity index (χ1) is 8.56. The van der Waals surface area contributed by atoms with E-state index in [0.717, 1.165) is 19.3 Å². The molecule has 1 N–H and O–H groups in total. The molecule has 98 valence electrons. The minimum Gasteiger partial charge on any atom is -0.351 e. The van der Waals surface area contributed by atoms with Gasteiger partial charge in [0.05, 0.1) is 5.02 Å². The van der Waals surface area contributed by atoms with Gasteiger partial charge in [0, 0.05) is 25.2 Å². The van der Waals surface area contributed by atoms with E-state index < -0.39 is 0 Å². The molecule has 0 saturated carbocycles. The maximum atomic E-state index is 12.0. The van der Waals surface area contributed by atoms with Crippen LogP contribution in [-0.4, -0.2) is 17.0 Å². The van der Waals surface area contributed by atoms with Crippen molar-refractivity contribution in [2.75, 3.05) is 6.54 Å². The zero-order chi connectivity index (χ0) is 13.5. The Kier molecular flexibility index (Phi) is 5.80. The van der Waals surface area contributed by atoms with Crippen molar-refractivity contribution in [3.05, 3.63) is 23.0 Å². The van der Waals surface area contributed by atoms with E-state index in [2.05, 4.69) is 11.2 Å². The lowest BCUT2D eigenvalue weighted by Gasteiger charge is -2.12. The zero-order valence-corrected chi connectivity index (χ0v) is 11.6. The maximum Gasteiger partial charge on any atom is 0.267 e. The van der Waals surface area contributed by atoms with Crippen molar-refractivity contribution in [1.29, 1.82) is 0 Å². The molecular weight excluding hydrogens is 248 g/mol. The van der Waals surface area contributed by atoms with Crippen LogP contribution in [0.1, 0.15) is 49.6 Å². The molecule has 0 aromatic carbocycles. The number of nitrogens with zero attached hydrogens (tertiary/aromatic N) is 1. The van der Waals surface area contributed by atoms with Gasteiger partial charge in [-0.05, 0) is 32.8 Å². The van der Waals surface area contributed by atoms with E-state index in [1.165, 1.54) is 0 Å². The van der Waals surface area contributed by atoms with Gasteiger partial charge in [-0.25, -0.2) is 0 Å². The SMILES string of the molecule is C#CCCCCNC(=O)c1cc(Cl)cn1C(C)C. The number of hydrogen-bond acceptors (Lipinski definition) is 1. The lowest BCUT2D eigenvalue weighted by atomic mass is 10.2. The van der Waals surface area contributed by atoms with Gasteiger partial charge in [-0.15, -0.1) is 12.3 Å². The summed E-state index contributed by atoms with van der Waals surface area (Å²) in [5.74, 6) is 2.49. The molecule has 0 unspecified atom stereocenters. The molecule has 0 aliphatic carbocycles. The molecule has 3 nitrogen and oxygen atoms in total. The third-order valence-electron chi connectivity index (χ3n) is 2.64. The molecular formula is C14H19ClN2O. The topological polar surface area (TPSA) is 34.0 Å². The first-order valence-corrected chi connectivity index (χ1v) is 6.53. The highest BCUT2D eigenvalue weighted by Gasteiger charge is 2.14. The lowest BCUT2D eigenvalue weighted by Crippen LogP contribution is -2.27. The van der Waals surface area contributed by atoms with Crippen LogP contribution < -0.4 is 5.32 Å². The van der Waals surface area contributed by atoms with Crippen molar-refractivity contribution in [1.82, 2.24) is 9.88 Å². The Bertz CT molecular complexity index is 443. The largest absolute Gasteiger partial charge is 0.351 e. The first kappa shape index (κ1) is 14.7. The van der Waals surface area contributed by atoms with E-state index in [-0.39, 0.29) is 11.9 Å². The minimum atomic E-state index is -0.0868. The van der Waals surface area contributed by atoms with Crippen LogP contribution in [-0.2, 0) is 0 Å². The fraction of sp³-hybridized carbons (Fsp3) is 0.500. The number of hydrogen-bond donors (Lipinski definition) is 1. The number of nitrogens with one attached hydrogen (secondary N) is 1. The van der Waals surface area contributed by atoms with Crippen molar-refractivity contribution in [2.45, 2.75) is 39.2 Å². The highest BCUT2D eigenvalue weighted by atomic mass is 35.5. The molecule has 0 fully saturated rings. The van der Waals surface area contributed by atoms with Gasteiger partial charge in [0.1, 0.15) is 5.69 Å². The third-order valence-corrected chi connectivity index (χ3v) is 2.84. The Morgan fingerprint density at radius 2 is 2.28 bits per heavy atom. The Labute approximate surface area is 114 Å². The maximum absolute atomic E-state index is 12.0. The van der Waals surface area contributed by atoms with Crippen LogP contribution in [0, 0.1) is 12.3 Å². The molecule has 0 atom stereocenters. The summed E-state index contributed by atoms with van der Waals surface area (Å²) in [4.78, 5) is 12.0. The van der Waals surface area contributed by atoms with E-state index in [0.29, 0.717) is 17.3 Å². The van der Waals surface area contributed by atoms with Crippen molar-refractivity contribution < 1.29 is 4.79 Å². The summed E-state index contributed by atoms with van der Waals surface area (Å²) in [5.41, 5.74) is 0.604. The van der Waals surface area contributed by atoms with Gasteiger partial charge in [0.25, 0.3) is 5.91 Å². The molecule has 1 heterocycles. The summed E-state index contributed by atoms with van der Waals surface area (Å²) >= 11 is 5.93. The van der Waals surface area contributed by atoms with Gasteiger partial charge in [0.15, 0.2) is 0 Å². The van der Waals surface area contributed by atoms with E-state index in [4.69, 9.17) is 18.0 Å². The van der Waals surface area contributed by atoms with Crippen LogP contribution in [0.25, 0.3) is 0 Å². The predicted molar refractivity (Wildman–Crippen MR) is 74.8 cm³/mol. The number of aromatic nitrogens is 1. The van der Waals surface area contributed by atoms with Gasteiger partial charge in [0.2, 0.25) is 0 Å². The standard InChI is InChI=1S/C14H19ClN2O/c1-4-5-6-7-8-16-14(18)13-9-12(15)10-17(13)11(2)3/h1,9-11H,5-8H2,2-3H3,(H,16,18). The Morgan fingerprint density at radius 3 is 2.89 bits per heavy atom. The number of amides is 1. The van der Waals surface area contributed by atoms with Crippen molar-refractivity contribution in [3.8, 4) is 12.3 Å². The van der Waals surface area contributed by atoms with Gasteiger partial charge in [-0.2, -0.15) is 0 Å². The lowest BCUT2D eigenvalue weighted by molar-refractivity contribution is 0.0942. The van der Waals surface area contributed by atoms with Crippen LogP contribution in [0.3, 0.4) is 0 Å². The van der Waals surface area contributed by atoms with E-state index in [1.54, 1.807) is 12.3 Å². The summed E-state index contributed by atoms with van der Waals surface area (Å²) < 4.78 is 1.87. The summed E-state index contributed by atoms with van der Waals surface area (Å²) in [6.45, 7) is 4.67. The molecule has 0 bridgehead atoms. The van der Waals surface area contributed by atoms with Crippen LogP contribution in [0.5, 0.6) is 0 Å². The molecule has 1 amide bonds. The summed E-state index contributed by atoms with van der Waals surface area (Å²) in [6, 6.07) is 1.90. The predicted octanol–water partition coefficient (Wildman–Crippen LogP) is 3.26. The molecule has 0 aliphatic heterocycles. The average Bonchev–Trinajstić information content (AvgIpc) is 2.71. The number of rotatable bonds is 6. The van der Waals surface area contributed by atoms with Crippen LogP contribution in [0.4, 0.5) is 0 Å². The summed E-state index contributed by atoms with van der Waals surface area (Å²) in [5, 5.41) is 3.46. The molecule has 1 aromatic rings. The second-order valence-electron chi connectivity index (χ2n) is 4.46. The molecule has 0 aliphatic rings. The molecule has 4 heteroatoms. The van der Waals surface area contributed by atoms with E-state index in [9.17, 15) is 4.79 Å². The first-order valence-electron chi connectivity index (χ1n) is 6.15. The molecule has 0 radical (unpaired) electrons. The Hall–Kier alpha value is -1.40. The number of carbonyl (C=O) groups is 1. The highest BCUT2D eigenvalue weighted by molar-refractivity contribution is 6.31. The second-order valence-corrected chi connectivity index (χ2v) is 4.90. The van der Waals surface area contributed by atoms with Crippen molar-refractivity contribution >= 4 is 17.5 Å². The smallest absolute Gasteiger partial charge is 0.267 e. The van der Waals surface area contributed by atoms with Crippen LogP contribution in [0.2, 0.25) is 5.02 Å². The molecule has 18 heavy (non-hydrogen) atoms. The second kappa shape index (κ2) is 7.13. The number of terminal acetylenes is 1. The highest BCUT2D eigenvalue weighted by Crippen LogP contribution is 2.18. The normalized spacial score (nSPS) is 10.4. The van der Waals surface area contributed by atoms with Crippen LogP contribution in [0.15, 0.2) is 12.3 Å². The van der Waals surface area contributed by atoms with Gasteiger partial charge < -0.3 is 9.88 Å². The number of unbranched alkanes of at least 4 members (excludes halogenated alkanes) is 2. The minimum absolute atomic E-state index is 0.0868. The van der Waals surface area contributed by atoms with E-state index >= 15 is 0 Å². The Balaban J connectivity index is 2.54. The van der Waals surface area contributed by atoms with Crippen LogP contribution >= 0.6 is 11.6 Å². The number of halogens is 1. The summed E-state index contributed by atoms with van der Waals surface area (Å²) in [6.07, 6.45) is 9.52. The fourth-order valence-electron chi connectivity index (χ4n) is 1.70. The quantitative estimate of drug-likeness (QED) is 0.622. The fourth-order valence-corrected chi connectivity index (χ4v) is 1.91. The number of carbonyl (C=O) groups excluding carboxylic acids is 1. The Morgan fingerprint density at radius 1 is 1.56 bits per heavy atom.